The first kappa shape index (κ1) is 11.2. The number of epoxide rings is 1. The molecule has 2 nitrogen and oxygen atoms in total. The highest BCUT2D eigenvalue weighted by Gasteiger charge is 2.45. The summed E-state index contributed by atoms with van der Waals surface area (Å²) in [6.07, 6.45) is -0.381. The summed E-state index contributed by atoms with van der Waals surface area (Å²) in [5, 5.41) is 0. The molecule has 18 heavy (non-hydrogen) atoms. The molecule has 0 saturated carbocycles. The third-order valence-electron chi connectivity index (χ3n) is 3.18. The third kappa shape index (κ3) is 2.07. The van der Waals surface area contributed by atoms with Crippen LogP contribution in [0.5, 0.6) is 0 Å². The standard InChI is InChI=1S/C16H14O2/c1-11-6-5-9-13(10-11)14(17)16-15(18-16)12-7-3-2-4-8-12/h2-10,15-16H,1H3. The number of hydrogen-bond donors (Lipinski definition) is 0. The zero-order valence-corrected chi connectivity index (χ0v) is 10.2. The molecule has 1 fully saturated rings. The van der Waals surface area contributed by atoms with Crippen molar-refractivity contribution in [3.63, 3.8) is 0 Å². The second-order valence-corrected chi connectivity index (χ2v) is 4.62. The van der Waals surface area contributed by atoms with Crippen LogP contribution in [0.25, 0.3) is 0 Å². The van der Waals surface area contributed by atoms with Gasteiger partial charge in [0.1, 0.15) is 6.10 Å². The van der Waals surface area contributed by atoms with Crippen LogP contribution in [-0.4, -0.2) is 11.9 Å². The van der Waals surface area contributed by atoms with Crippen molar-refractivity contribution in [1.82, 2.24) is 0 Å². The van der Waals surface area contributed by atoms with Gasteiger partial charge in [-0.1, -0.05) is 54.1 Å². The Hall–Kier alpha value is -1.93. The first-order valence-electron chi connectivity index (χ1n) is 6.07. The predicted molar refractivity (Wildman–Crippen MR) is 69.6 cm³/mol. The molecular weight excluding hydrogens is 224 g/mol. The third-order valence-corrected chi connectivity index (χ3v) is 3.18. The second-order valence-electron chi connectivity index (χ2n) is 4.62. The smallest absolute Gasteiger partial charge is 0.194 e. The quantitative estimate of drug-likeness (QED) is 0.606. The van der Waals surface area contributed by atoms with Gasteiger partial charge in [0.05, 0.1) is 0 Å². The van der Waals surface area contributed by atoms with E-state index >= 15 is 0 Å². The fourth-order valence-electron chi connectivity index (χ4n) is 2.17. The molecule has 1 heterocycles. The molecule has 1 saturated heterocycles. The van der Waals surface area contributed by atoms with Gasteiger partial charge in [0.2, 0.25) is 0 Å². The van der Waals surface area contributed by atoms with Gasteiger partial charge in [0, 0.05) is 5.56 Å². The van der Waals surface area contributed by atoms with Crippen molar-refractivity contribution < 1.29 is 9.53 Å². The van der Waals surface area contributed by atoms with Crippen LogP contribution in [0.1, 0.15) is 27.6 Å². The Morgan fingerprint density at radius 3 is 2.56 bits per heavy atom. The summed E-state index contributed by atoms with van der Waals surface area (Å²) in [6.45, 7) is 1.99. The first-order chi connectivity index (χ1) is 8.75. The van der Waals surface area contributed by atoms with Gasteiger partial charge >= 0.3 is 0 Å². The molecule has 0 N–H and O–H groups in total. The van der Waals surface area contributed by atoms with E-state index in [1.807, 2.05) is 61.5 Å². The molecule has 0 spiro atoms. The molecule has 0 amide bonds. The summed E-state index contributed by atoms with van der Waals surface area (Å²) in [4.78, 5) is 12.2. The Bertz CT molecular complexity index is 575. The van der Waals surface area contributed by atoms with Crippen LogP contribution in [-0.2, 0) is 4.74 Å². The van der Waals surface area contributed by atoms with E-state index in [1.165, 1.54) is 0 Å². The van der Waals surface area contributed by atoms with Crippen molar-refractivity contribution in [2.24, 2.45) is 0 Å². The Morgan fingerprint density at radius 2 is 1.83 bits per heavy atom. The summed E-state index contributed by atoms with van der Waals surface area (Å²) >= 11 is 0. The van der Waals surface area contributed by atoms with Gasteiger partial charge in [-0.25, -0.2) is 0 Å². The zero-order valence-electron chi connectivity index (χ0n) is 10.2. The fourth-order valence-corrected chi connectivity index (χ4v) is 2.17. The van der Waals surface area contributed by atoms with Crippen molar-refractivity contribution >= 4 is 5.78 Å². The Labute approximate surface area is 106 Å². The number of ether oxygens (including phenoxy) is 1. The van der Waals surface area contributed by atoms with Gasteiger partial charge in [-0.15, -0.1) is 0 Å². The second kappa shape index (κ2) is 4.39. The molecule has 1 aliphatic rings. The van der Waals surface area contributed by atoms with Gasteiger partial charge in [-0.05, 0) is 18.6 Å². The molecule has 3 rings (SSSR count). The lowest BCUT2D eigenvalue weighted by atomic mass is 10.0. The van der Waals surface area contributed by atoms with Gasteiger partial charge in [0.15, 0.2) is 11.9 Å². The van der Waals surface area contributed by atoms with Crippen molar-refractivity contribution in [3.8, 4) is 0 Å². The van der Waals surface area contributed by atoms with Crippen LogP contribution in [0.4, 0.5) is 0 Å². The Balaban J connectivity index is 1.77. The largest absolute Gasteiger partial charge is 0.356 e. The van der Waals surface area contributed by atoms with E-state index in [9.17, 15) is 4.79 Å². The Morgan fingerprint density at radius 1 is 1.06 bits per heavy atom. The highest BCUT2D eigenvalue weighted by Crippen LogP contribution is 2.40. The van der Waals surface area contributed by atoms with E-state index in [4.69, 9.17) is 4.74 Å². The van der Waals surface area contributed by atoms with E-state index in [-0.39, 0.29) is 18.0 Å². The Kier molecular flexibility index (Phi) is 2.73. The SMILES string of the molecule is Cc1cccc(C(=O)C2OC2c2ccccc2)c1. The van der Waals surface area contributed by atoms with Crippen molar-refractivity contribution in [1.29, 1.82) is 0 Å². The van der Waals surface area contributed by atoms with Crippen molar-refractivity contribution in [3.05, 3.63) is 71.3 Å². The van der Waals surface area contributed by atoms with Gasteiger partial charge in [-0.2, -0.15) is 0 Å². The lowest BCUT2D eigenvalue weighted by molar-refractivity contribution is 0.0953. The number of benzene rings is 2. The maximum absolute atomic E-state index is 12.2. The molecule has 0 radical (unpaired) electrons. The summed E-state index contributed by atoms with van der Waals surface area (Å²) in [5.74, 6) is 0.0764. The monoisotopic (exact) mass is 238 g/mol. The maximum atomic E-state index is 12.2. The fraction of sp³-hybridized carbons (Fsp3) is 0.188. The number of carbonyl (C=O) groups excluding carboxylic acids is 1. The molecule has 1 aliphatic heterocycles. The number of aryl methyl sites for hydroxylation is 1. The topological polar surface area (TPSA) is 29.6 Å². The summed E-state index contributed by atoms with van der Waals surface area (Å²) < 4.78 is 5.51. The molecule has 0 aliphatic carbocycles. The molecular formula is C16H14O2. The summed E-state index contributed by atoms with van der Waals surface area (Å²) in [7, 11) is 0. The van der Waals surface area contributed by atoms with Gasteiger partial charge < -0.3 is 4.74 Å². The van der Waals surface area contributed by atoms with Crippen LogP contribution < -0.4 is 0 Å². The van der Waals surface area contributed by atoms with Crippen LogP contribution in [0, 0.1) is 6.92 Å². The minimum Gasteiger partial charge on any atom is -0.356 e. The normalized spacial score (nSPS) is 21.6. The molecule has 90 valence electrons. The summed E-state index contributed by atoms with van der Waals surface area (Å²) in [6, 6.07) is 17.5. The van der Waals surface area contributed by atoms with E-state index in [2.05, 4.69) is 0 Å². The molecule has 2 aromatic rings. The number of carbonyl (C=O) groups is 1. The highest BCUT2D eigenvalue weighted by atomic mass is 16.6. The van der Waals surface area contributed by atoms with Crippen LogP contribution >= 0.6 is 0 Å². The van der Waals surface area contributed by atoms with Gasteiger partial charge in [-0.3, -0.25) is 4.79 Å². The van der Waals surface area contributed by atoms with Gasteiger partial charge in [0.25, 0.3) is 0 Å². The van der Waals surface area contributed by atoms with Crippen LogP contribution in [0.15, 0.2) is 54.6 Å². The molecule has 2 aromatic carbocycles. The number of ketones is 1. The summed E-state index contributed by atoms with van der Waals surface area (Å²) in [5.41, 5.74) is 2.90. The van der Waals surface area contributed by atoms with Crippen LogP contribution in [0.2, 0.25) is 0 Å². The molecule has 0 aromatic heterocycles. The number of hydrogen-bond acceptors (Lipinski definition) is 2. The van der Waals surface area contributed by atoms with Crippen LogP contribution in [0.3, 0.4) is 0 Å². The van der Waals surface area contributed by atoms with E-state index in [0.717, 1.165) is 16.7 Å². The lowest BCUT2D eigenvalue weighted by Gasteiger charge is -1.99. The number of rotatable bonds is 3. The van der Waals surface area contributed by atoms with E-state index in [0.29, 0.717) is 0 Å². The molecule has 2 atom stereocenters. The lowest BCUT2D eigenvalue weighted by Crippen LogP contribution is -2.08. The zero-order chi connectivity index (χ0) is 12.5. The molecule has 0 bridgehead atoms. The van der Waals surface area contributed by atoms with Crippen molar-refractivity contribution in [2.45, 2.75) is 19.1 Å². The average Bonchev–Trinajstić information content (AvgIpc) is 3.19. The van der Waals surface area contributed by atoms with E-state index < -0.39 is 0 Å². The minimum absolute atomic E-state index is 0.0702. The first-order valence-corrected chi connectivity index (χ1v) is 6.07. The maximum Gasteiger partial charge on any atom is 0.194 e. The van der Waals surface area contributed by atoms with Crippen molar-refractivity contribution in [2.75, 3.05) is 0 Å². The highest BCUT2D eigenvalue weighted by molar-refractivity contribution is 6.01. The molecule has 2 unspecified atom stereocenters. The minimum atomic E-state index is -0.311. The van der Waals surface area contributed by atoms with E-state index in [1.54, 1.807) is 0 Å². The average molecular weight is 238 g/mol. The number of Topliss-reactive ketones (excluding diaryl/α,β-unsaturated/α-hetero) is 1. The predicted octanol–water partition coefficient (Wildman–Crippen LogP) is 3.32. The molecule has 2 heteroatoms.